The number of rotatable bonds is 5. The summed E-state index contributed by atoms with van der Waals surface area (Å²) in [4.78, 5) is 41.2. The second-order valence-corrected chi connectivity index (χ2v) is 7.61. The number of nitrogens with one attached hydrogen (secondary N) is 1. The second-order valence-electron chi connectivity index (χ2n) is 7.61. The number of aliphatic hydroxyl groups excluding tert-OH is 1. The van der Waals surface area contributed by atoms with Gasteiger partial charge in [0.25, 0.3) is 5.91 Å². The van der Waals surface area contributed by atoms with Gasteiger partial charge >= 0.3 is 6.03 Å². The standard InChI is InChI=1S/C19H26N4O4/c1-21(2)8-13-7-14(12-24)10-22(9-13)18(26)15-3-5-16(6-4-15)23-11-17(25)20-19(23)27/h3-6,13-14,24H,7-12H2,1-2H3,(H,20,25,27)/t13-,14+/m1/s1. The Morgan fingerprint density at radius 1 is 1.19 bits per heavy atom. The minimum Gasteiger partial charge on any atom is -0.396 e. The quantitative estimate of drug-likeness (QED) is 0.727. The number of imide groups is 1. The van der Waals surface area contributed by atoms with Crippen LogP contribution in [0.2, 0.25) is 0 Å². The van der Waals surface area contributed by atoms with Crippen LogP contribution in [-0.4, -0.2) is 79.6 Å². The van der Waals surface area contributed by atoms with E-state index in [2.05, 4.69) is 10.2 Å². The number of hydrogen-bond acceptors (Lipinski definition) is 5. The van der Waals surface area contributed by atoms with Crippen molar-refractivity contribution in [1.82, 2.24) is 15.1 Å². The number of anilines is 1. The molecule has 0 bridgehead atoms. The molecule has 0 spiro atoms. The van der Waals surface area contributed by atoms with Crippen LogP contribution in [0.25, 0.3) is 0 Å². The molecule has 0 aromatic heterocycles. The fraction of sp³-hybridized carbons (Fsp3) is 0.526. The van der Waals surface area contributed by atoms with Crippen molar-refractivity contribution in [3.05, 3.63) is 29.8 Å². The number of amides is 4. The number of benzene rings is 1. The predicted octanol–water partition coefficient (Wildman–Crippen LogP) is 0.375. The molecule has 2 fully saturated rings. The van der Waals surface area contributed by atoms with Crippen molar-refractivity contribution in [3.63, 3.8) is 0 Å². The van der Waals surface area contributed by atoms with Gasteiger partial charge in [-0.05, 0) is 56.6 Å². The molecular weight excluding hydrogens is 348 g/mol. The largest absolute Gasteiger partial charge is 0.396 e. The zero-order valence-electron chi connectivity index (χ0n) is 15.7. The van der Waals surface area contributed by atoms with Crippen molar-refractivity contribution < 1.29 is 19.5 Å². The van der Waals surface area contributed by atoms with E-state index in [1.165, 1.54) is 4.90 Å². The molecule has 8 nitrogen and oxygen atoms in total. The van der Waals surface area contributed by atoms with Crippen molar-refractivity contribution in [2.75, 3.05) is 51.8 Å². The third-order valence-electron chi connectivity index (χ3n) is 5.01. The first-order chi connectivity index (χ1) is 12.9. The molecule has 1 aromatic rings. The van der Waals surface area contributed by atoms with E-state index in [4.69, 9.17) is 0 Å². The third-order valence-corrected chi connectivity index (χ3v) is 5.01. The second kappa shape index (κ2) is 8.06. The van der Waals surface area contributed by atoms with Crippen LogP contribution >= 0.6 is 0 Å². The number of urea groups is 1. The Balaban J connectivity index is 1.70. The van der Waals surface area contributed by atoms with Crippen molar-refractivity contribution in [1.29, 1.82) is 0 Å². The molecule has 8 heteroatoms. The Hall–Kier alpha value is -2.45. The van der Waals surface area contributed by atoms with Crippen molar-refractivity contribution in [2.24, 2.45) is 11.8 Å². The van der Waals surface area contributed by atoms with Gasteiger partial charge < -0.3 is 14.9 Å². The van der Waals surface area contributed by atoms with Crippen LogP contribution < -0.4 is 10.2 Å². The molecule has 0 radical (unpaired) electrons. The first-order valence-corrected chi connectivity index (χ1v) is 9.13. The number of piperidine rings is 1. The summed E-state index contributed by atoms with van der Waals surface area (Å²) in [5, 5.41) is 11.8. The SMILES string of the molecule is CN(C)C[C@H]1C[C@H](CO)CN(C(=O)c2ccc(N3CC(=O)NC3=O)cc2)C1. The molecule has 2 saturated heterocycles. The molecule has 2 atom stereocenters. The van der Waals surface area contributed by atoms with Crippen molar-refractivity contribution in [3.8, 4) is 0 Å². The van der Waals surface area contributed by atoms with Gasteiger partial charge in [-0.1, -0.05) is 0 Å². The Morgan fingerprint density at radius 2 is 1.85 bits per heavy atom. The summed E-state index contributed by atoms with van der Waals surface area (Å²) in [5.74, 6) is 0.000479. The maximum Gasteiger partial charge on any atom is 0.329 e. The summed E-state index contributed by atoms with van der Waals surface area (Å²) >= 11 is 0. The number of carbonyl (C=O) groups excluding carboxylic acids is 3. The average Bonchev–Trinajstić information content (AvgIpc) is 2.98. The summed E-state index contributed by atoms with van der Waals surface area (Å²) in [5.41, 5.74) is 1.11. The zero-order valence-corrected chi connectivity index (χ0v) is 15.7. The van der Waals surface area contributed by atoms with Gasteiger partial charge in [-0.15, -0.1) is 0 Å². The lowest BCUT2D eigenvalue weighted by molar-refractivity contribution is -0.117. The molecule has 146 valence electrons. The van der Waals surface area contributed by atoms with Crippen LogP contribution in [0.5, 0.6) is 0 Å². The lowest BCUT2D eigenvalue weighted by atomic mass is 9.89. The van der Waals surface area contributed by atoms with Gasteiger partial charge in [0, 0.05) is 37.5 Å². The van der Waals surface area contributed by atoms with Gasteiger partial charge in [0.05, 0.1) is 0 Å². The van der Waals surface area contributed by atoms with E-state index in [0.717, 1.165) is 13.0 Å². The van der Waals surface area contributed by atoms with E-state index < -0.39 is 6.03 Å². The number of hydrogen-bond donors (Lipinski definition) is 2. The maximum absolute atomic E-state index is 12.9. The number of likely N-dealkylation sites (tertiary alicyclic amines) is 1. The minimum atomic E-state index is -0.451. The summed E-state index contributed by atoms with van der Waals surface area (Å²) in [7, 11) is 4.01. The topological polar surface area (TPSA) is 93.2 Å². The van der Waals surface area contributed by atoms with Crippen LogP contribution in [0.15, 0.2) is 24.3 Å². The summed E-state index contributed by atoms with van der Waals surface area (Å²) < 4.78 is 0. The molecule has 2 heterocycles. The molecule has 0 unspecified atom stereocenters. The maximum atomic E-state index is 12.9. The van der Waals surface area contributed by atoms with Gasteiger partial charge in [-0.3, -0.25) is 19.8 Å². The Bertz CT molecular complexity index is 719. The summed E-state index contributed by atoms with van der Waals surface area (Å²) in [6.07, 6.45) is 0.912. The molecule has 2 aliphatic rings. The van der Waals surface area contributed by atoms with E-state index in [0.29, 0.717) is 30.3 Å². The van der Waals surface area contributed by atoms with E-state index in [9.17, 15) is 19.5 Å². The van der Waals surface area contributed by atoms with E-state index >= 15 is 0 Å². The Labute approximate surface area is 158 Å². The fourth-order valence-electron chi connectivity index (χ4n) is 3.88. The summed E-state index contributed by atoms with van der Waals surface area (Å²) in [6.45, 7) is 2.15. The van der Waals surface area contributed by atoms with E-state index in [1.807, 2.05) is 14.1 Å². The molecule has 3 rings (SSSR count). The first kappa shape index (κ1) is 19.3. The monoisotopic (exact) mass is 374 g/mol. The lowest BCUT2D eigenvalue weighted by Gasteiger charge is -2.38. The highest BCUT2D eigenvalue weighted by Gasteiger charge is 2.31. The number of aliphatic hydroxyl groups is 1. The molecule has 4 amide bonds. The minimum absolute atomic E-state index is 0.0113. The lowest BCUT2D eigenvalue weighted by Crippen LogP contribution is -2.47. The number of nitrogens with zero attached hydrogens (tertiary/aromatic N) is 3. The van der Waals surface area contributed by atoms with Gasteiger partial charge in [0.15, 0.2) is 0 Å². The molecule has 2 N–H and O–H groups in total. The molecule has 27 heavy (non-hydrogen) atoms. The van der Waals surface area contributed by atoms with Gasteiger partial charge in [0.2, 0.25) is 5.91 Å². The van der Waals surface area contributed by atoms with Crippen LogP contribution in [0.1, 0.15) is 16.8 Å². The number of carbonyl (C=O) groups is 3. The average molecular weight is 374 g/mol. The van der Waals surface area contributed by atoms with Gasteiger partial charge in [0.1, 0.15) is 6.54 Å². The molecule has 2 aliphatic heterocycles. The molecular formula is C19H26N4O4. The van der Waals surface area contributed by atoms with Gasteiger partial charge in [-0.2, -0.15) is 0 Å². The van der Waals surface area contributed by atoms with Crippen LogP contribution in [-0.2, 0) is 4.79 Å². The van der Waals surface area contributed by atoms with Gasteiger partial charge in [-0.25, -0.2) is 4.79 Å². The first-order valence-electron chi connectivity index (χ1n) is 9.13. The summed E-state index contributed by atoms with van der Waals surface area (Å²) in [6, 6.07) is 6.26. The molecule has 0 aliphatic carbocycles. The van der Waals surface area contributed by atoms with E-state index in [-0.39, 0.29) is 30.9 Å². The van der Waals surface area contributed by atoms with Crippen LogP contribution in [0.4, 0.5) is 10.5 Å². The highest BCUT2D eigenvalue weighted by molar-refractivity contribution is 6.12. The zero-order chi connectivity index (χ0) is 19.6. The van der Waals surface area contributed by atoms with E-state index in [1.54, 1.807) is 29.2 Å². The Kier molecular flexibility index (Phi) is 5.76. The smallest absolute Gasteiger partial charge is 0.329 e. The molecule has 1 aromatic carbocycles. The van der Waals surface area contributed by atoms with Crippen LogP contribution in [0, 0.1) is 11.8 Å². The normalized spacial score (nSPS) is 23.1. The molecule has 0 saturated carbocycles. The fourth-order valence-corrected chi connectivity index (χ4v) is 3.88. The van der Waals surface area contributed by atoms with Crippen molar-refractivity contribution in [2.45, 2.75) is 6.42 Å². The van der Waals surface area contributed by atoms with Crippen LogP contribution in [0.3, 0.4) is 0 Å². The highest BCUT2D eigenvalue weighted by Crippen LogP contribution is 2.25. The third kappa shape index (κ3) is 4.45. The van der Waals surface area contributed by atoms with Crippen molar-refractivity contribution >= 4 is 23.5 Å². The Morgan fingerprint density at radius 3 is 2.41 bits per heavy atom. The predicted molar refractivity (Wildman–Crippen MR) is 100 cm³/mol. The highest BCUT2D eigenvalue weighted by atomic mass is 16.3.